The Morgan fingerprint density at radius 2 is 2.03 bits per heavy atom. The Bertz CT molecular complexity index is 1180. The Morgan fingerprint density at radius 3 is 2.77 bits per heavy atom. The normalized spacial score (nSPS) is 14.9. The maximum atomic E-state index is 13.3. The predicted octanol–water partition coefficient (Wildman–Crippen LogP) is 6.31. The van der Waals surface area contributed by atoms with Gasteiger partial charge in [0.25, 0.3) is 5.56 Å². The van der Waals surface area contributed by atoms with Crippen LogP contribution in [0.1, 0.15) is 49.4 Å². The zero-order valence-electron chi connectivity index (χ0n) is 17.1. The first kappa shape index (κ1) is 21.8. The van der Waals surface area contributed by atoms with Crippen molar-refractivity contribution in [1.29, 1.82) is 0 Å². The summed E-state index contributed by atoms with van der Waals surface area (Å²) in [4.78, 5) is 18.1. The molecule has 1 aliphatic carbocycles. The van der Waals surface area contributed by atoms with Crippen molar-refractivity contribution in [3.05, 3.63) is 80.3 Å². The van der Waals surface area contributed by atoms with Gasteiger partial charge >= 0.3 is 0 Å². The van der Waals surface area contributed by atoms with Crippen molar-refractivity contribution in [3.63, 3.8) is 0 Å². The molecule has 0 unspecified atom stereocenters. The van der Waals surface area contributed by atoms with Crippen molar-refractivity contribution in [2.45, 2.75) is 38.0 Å². The number of hydrogen-bond acceptors (Lipinski definition) is 4. The summed E-state index contributed by atoms with van der Waals surface area (Å²) in [5.41, 5.74) is 1.31. The van der Waals surface area contributed by atoms with Crippen molar-refractivity contribution in [2.75, 3.05) is 6.61 Å². The summed E-state index contributed by atoms with van der Waals surface area (Å²) in [5, 5.41) is 5.57. The van der Waals surface area contributed by atoms with Crippen LogP contribution in [-0.4, -0.2) is 22.5 Å². The summed E-state index contributed by atoms with van der Waals surface area (Å²) in [6, 6.07) is 11.0. The predicted molar refractivity (Wildman–Crippen MR) is 130 cm³/mol. The molecule has 31 heavy (non-hydrogen) atoms. The third-order valence-corrected chi connectivity index (χ3v) is 6.31. The topological polar surface area (TPSA) is 56.5 Å². The highest BCUT2D eigenvalue weighted by atomic mass is 79.9. The van der Waals surface area contributed by atoms with E-state index in [2.05, 4.69) is 27.6 Å². The molecule has 1 fully saturated rings. The molecule has 0 aliphatic heterocycles. The fourth-order valence-electron chi connectivity index (χ4n) is 3.94. The first-order valence-corrected chi connectivity index (χ1v) is 11.5. The quantitative estimate of drug-likeness (QED) is 0.294. The molecule has 4 rings (SSSR count). The van der Waals surface area contributed by atoms with Gasteiger partial charge in [-0.15, -0.1) is 0 Å². The SMILES string of the molecule is C=CCOc1c(Cl)cc(C=Nn2c(C3CCCCC3)nc3ccccc3c2=O)cc1Br. The Labute approximate surface area is 194 Å². The van der Waals surface area contributed by atoms with Gasteiger partial charge in [0.1, 0.15) is 12.4 Å². The molecule has 0 radical (unpaired) electrons. The van der Waals surface area contributed by atoms with Gasteiger partial charge in [0.2, 0.25) is 0 Å². The number of aromatic nitrogens is 2. The van der Waals surface area contributed by atoms with Crippen molar-refractivity contribution in [1.82, 2.24) is 9.66 Å². The van der Waals surface area contributed by atoms with E-state index in [9.17, 15) is 4.79 Å². The van der Waals surface area contributed by atoms with Crippen LogP contribution in [0.25, 0.3) is 10.9 Å². The zero-order chi connectivity index (χ0) is 21.8. The van der Waals surface area contributed by atoms with Gasteiger partial charge in [-0.1, -0.05) is 55.7 Å². The lowest BCUT2D eigenvalue weighted by atomic mass is 9.88. The van der Waals surface area contributed by atoms with E-state index in [0.717, 1.165) is 37.1 Å². The number of rotatable bonds is 6. The van der Waals surface area contributed by atoms with Crippen LogP contribution in [-0.2, 0) is 0 Å². The van der Waals surface area contributed by atoms with Crippen molar-refractivity contribution in [2.24, 2.45) is 5.10 Å². The molecule has 2 aromatic carbocycles. The average Bonchev–Trinajstić information content (AvgIpc) is 2.78. The molecule has 7 heteroatoms. The Kier molecular flexibility index (Phi) is 6.88. The summed E-state index contributed by atoms with van der Waals surface area (Å²) in [6.07, 6.45) is 8.85. The number of halogens is 2. The minimum atomic E-state index is -0.154. The van der Waals surface area contributed by atoms with E-state index in [-0.39, 0.29) is 11.5 Å². The van der Waals surface area contributed by atoms with Gasteiger partial charge < -0.3 is 4.74 Å². The highest BCUT2D eigenvalue weighted by Gasteiger charge is 2.22. The molecular weight excluding hydrogens is 478 g/mol. The highest BCUT2D eigenvalue weighted by molar-refractivity contribution is 9.10. The lowest BCUT2D eigenvalue weighted by Crippen LogP contribution is -2.25. The zero-order valence-corrected chi connectivity index (χ0v) is 19.4. The van der Waals surface area contributed by atoms with Crippen LogP contribution >= 0.6 is 27.5 Å². The summed E-state index contributed by atoms with van der Waals surface area (Å²) in [6.45, 7) is 4.01. The van der Waals surface area contributed by atoms with Crippen molar-refractivity contribution < 1.29 is 4.74 Å². The number of ether oxygens (including phenoxy) is 1. The third-order valence-electron chi connectivity index (χ3n) is 5.44. The van der Waals surface area contributed by atoms with Gasteiger partial charge in [0.05, 0.1) is 26.6 Å². The molecule has 1 saturated carbocycles. The fraction of sp³-hybridized carbons (Fsp3) is 0.292. The largest absolute Gasteiger partial charge is 0.487 e. The van der Waals surface area contributed by atoms with E-state index in [0.29, 0.717) is 32.8 Å². The Morgan fingerprint density at radius 1 is 1.26 bits per heavy atom. The minimum Gasteiger partial charge on any atom is -0.487 e. The van der Waals surface area contributed by atoms with Crippen LogP contribution in [0.4, 0.5) is 0 Å². The summed E-state index contributed by atoms with van der Waals surface area (Å²) >= 11 is 9.87. The molecule has 0 saturated heterocycles. The Hall–Kier alpha value is -2.44. The first-order chi connectivity index (χ1) is 15.1. The summed E-state index contributed by atoms with van der Waals surface area (Å²) in [5.74, 6) is 1.51. The van der Waals surface area contributed by atoms with Crippen molar-refractivity contribution >= 4 is 44.6 Å². The van der Waals surface area contributed by atoms with Gasteiger partial charge in [-0.2, -0.15) is 9.78 Å². The molecule has 1 aliphatic rings. The lowest BCUT2D eigenvalue weighted by Gasteiger charge is -2.22. The van der Waals surface area contributed by atoms with Crippen LogP contribution in [0.2, 0.25) is 5.02 Å². The molecule has 5 nitrogen and oxygen atoms in total. The second kappa shape index (κ2) is 9.79. The first-order valence-electron chi connectivity index (χ1n) is 10.4. The van der Waals surface area contributed by atoms with Crippen LogP contribution in [0.5, 0.6) is 5.75 Å². The molecule has 1 heterocycles. The summed E-state index contributed by atoms with van der Waals surface area (Å²) in [7, 11) is 0. The fourth-order valence-corrected chi connectivity index (χ4v) is 4.92. The lowest BCUT2D eigenvalue weighted by molar-refractivity contribution is 0.361. The van der Waals surface area contributed by atoms with Crippen molar-refractivity contribution in [3.8, 4) is 5.75 Å². The maximum absolute atomic E-state index is 13.3. The number of nitrogens with zero attached hydrogens (tertiary/aromatic N) is 3. The maximum Gasteiger partial charge on any atom is 0.282 e. The third kappa shape index (κ3) is 4.75. The van der Waals surface area contributed by atoms with E-state index in [1.54, 1.807) is 24.4 Å². The van der Waals surface area contributed by atoms with Crippen LogP contribution in [0, 0.1) is 0 Å². The van der Waals surface area contributed by atoms with Crippen LogP contribution < -0.4 is 10.3 Å². The number of benzene rings is 2. The van der Waals surface area contributed by atoms with Gasteiger partial charge in [-0.05, 0) is 58.6 Å². The number of hydrogen-bond donors (Lipinski definition) is 0. The van der Waals surface area contributed by atoms with E-state index in [1.807, 2.05) is 24.3 Å². The molecule has 3 aromatic rings. The molecule has 0 atom stereocenters. The standard InChI is InChI=1S/C24H23BrClN3O2/c1-2-12-31-22-19(25)13-16(14-20(22)26)15-27-29-23(17-8-4-3-5-9-17)28-21-11-7-6-10-18(21)24(29)30/h2,6-7,10-11,13-15,17H,1,3-5,8-9,12H2. The smallest absolute Gasteiger partial charge is 0.282 e. The molecule has 0 N–H and O–H groups in total. The van der Waals surface area contributed by atoms with Gasteiger partial charge in [0, 0.05) is 5.92 Å². The van der Waals surface area contributed by atoms with Crippen LogP contribution in [0.15, 0.2) is 63.4 Å². The van der Waals surface area contributed by atoms with Gasteiger partial charge in [-0.25, -0.2) is 4.98 Å². The van der Waals surface area contributed by atoms with Gasteiger partial charge in [-0.3, -0.25) is 4.79 Å². The van der Waals surface area contributed by atoms with Crippen LogP contribution in [0.3, 0.4) is 0 Å². The Balaban J connectivity index is 1.76. The van der Waals surface area contributed by atoms with E-state index in [4.69, 9.17) is 21.3 Å². The monoisotopic (exact) mass is 499 g/mol. The van der Waals surface area contributed by atoms with E-state index in [1.165, 1.54) is 11.1 Å². The molecular formula is C24H23BrClN3O2. The second-order valence-corrected chi connectivity index (χ2v) is 8.86. The number of fused-ring (bicyclic) bond motifs is 1. The van der Waals surface area contributed by atoms with Gasteiger partial charge in [0.15, 0.2) is 5.75 Å². The average molecular weight is 501 g/mol. The summed E-state index contributed by atoms with van der Waals surface area (Å²) < 4.78 is 7.76. The molecule has 0 bridgehead atoms. The molecule has 0 amide bonds. The van der Waals surface area contributed by atoms with E-state index >= 15 is 0 Å². The molecule has 1 aromatic heterocycles. The van der Waals surface area contributed by atoms with E-state index < -0.39 is 0 Å². The number of para-hydroxylation sites is 1. The molecule has 160 valence electrons. The second-order valence-electron chi connectivity index (χ2n) is 7.60. The minimum absolute atomic E-state index is 0.154. The molecule has 0 spiro atoms. The highest BCUT2D eigenvalue weighted by Crippen LogP contribution is 2.34.